The van der Waals surface area contributed by atoms with Gasteiger partial charge in [0.05, 0.1) is 18.8 Å². The molecular weight excluding hydrogens is 282 g/mol. The fourth-order valence-corrected chi connectivity index (χ4v) is 3.86. The molecule has 0 saturated carbocycles. The third kappa shape index (κ3) is 2.69. The molecule has 1 aromatic rings. The van der Waals surface area contributed by atoms with Gasteiger partial charge in [0.15, 0.2) is 11.5 Å². The molecule has 4 rings (SSSR count). The summed E-state index contributed by atoms with van der Waals surface area (Å²) in [5.74, 6) is 1.72. The van der Waals surface area contributed by atoms with Crippen LogP contribution in [-0.4, -0.2) is 50.2 Å². The standard InChI is InChI=1S/C17H23NO4/c1-19-10-13-3-4-14-15(22-13)6-7-18(14)9-12-2-5-16-17(8-12)21-11-20-16/h2,5,8,13-15H,3-4,6-7,9-11H2,1H3/t13-,14+,15+/m1/s1. The zero-order chi connectivity index (χ0) is 14.9. The average molecular weight is 305 g/mol. The van der Waals surface area contributed by atoms with E-state index in [4.69, 9.17) is 18.9 Å². The van der Waals surface area contributed by atoms with Crippen LogP contribution in [0.1, 0.15) is 24.8 Å². The Hall–Kier alpha value is -1.30. The van der Waals surface area contributed by atoms with E-state index < -0.39 is 0 Å². The van der Waals surface area contributed by atoms with E-state index >= 15 is 0 Å². The SMILES string of the molecule is COC[C@H]1CC[C@H]2[C@H](CCN2Cc2ccc3c(c2)OCO3)O1. The van der Waals surface area contributed by atoms with Crippen LogP contribution < -0.4 is 9.47 Å². The number of ether oxygens (including phenoxy) is 4. The van der Waals surface area contributed by atoms with Crippen molar-refractivity contribution in [2.45, 2.75) is 44.1 Å². The van der Waals surface area contributed by atoms with Crippen molar-refractivity contribution >= 4 is 0 Å². The fraction of sp³-hybridized carbons (Fsp3) is 0.647. The lowest BCUT2D eigenvalue weighted by molar-refractivity contribution is -0.0938. The summed E-state index contributed by atoms with van der Waals surface area (Å²) >= 11 is 0. The van der Waals surface area contributed by atoms with Crippen LogP contribution in [0.5, 0.6) is 11.5 Å². The molecule has 3 heterocycles. The van der Waals surface area contributed by atoms with Crippen LogP contribution in [0.2, 0.25) is 0 Å². The first-order chi connectivity index (χ1) is 10.8. The Bertz CT molecular complexity index is 535. The minimum atomic E-state index is 0.275. The van der Waals surface area contributed by atoms with Gasteiger partial charge in [-0.1, -0.05) is 6.07 Å². The summed E-state index contributed by atoms with van der Waals surface area (Å²) < 4.78 is 22.3. The van der Waals surface area contributed by atoms with Gasteiger partial charge in [-0.3, -0.25) is 4.90 Å². The number of hydrogen-bond acceptors (Lipinski definition) is 5. The molecule has 1 aromatic carbocycles. The van der Waals surface area contributed by atoms with Gasteiger partial charge in [-0.2, -0.15) is 0 Å². The second-order valence-electron chi connectivity index (χ2n) is 6.34. The molecule has 5 heteroatoms. The summed E-state index contributed by atoms with van der Waals surface area (Å²) in [5.41, 5.74) is 1.28. The van der Waals surface area contributed by atoms with Gasteiger partial charge in [-0.05, 0) is 37.0 Å². The Morgan fingerprint density at radius 1 is 1.18 bits per heavy atom. The molecule has 0 N–H and O–H groups in total. The Labute approximate surface area is 131 Å². The van der Waals surface area contributed by atoms with E-state index in [1.165, 1.54) is 12.0 Å². The van der Waals surface area contributed by atoms with Crippen LogP contribution in [-0.2, 0) is 16.0 Å². The van der Waals surface area contributed by atoms with Crippen molar-refractivity contribution in [3.63, 3.8) is 0 Å². The van der Waals surface area contributed by atoms with Crippen molar-refractivity contribution in [3.05, 3.63) is 23.8 Å². The lowest BCUT2D eigenvalue weighted by Gasteiger charge is -2.35. The molecular formula is C17H23NO4. The van der Waals surface area contributed by atoms with Crippen LogP contribution in [0.25, 0.3) is 0 Å². The highest BCUT2D eigenvalue weighted by atomic mass is 16.7. The third-order valence-electron chi connectivity index (χ3n) is 4.93. The van der Waals surface area contributed by atoms with E-state index in [1.54, 1.807) is 7.11 Å². The van der Waals surface area contributed by atoms with Gasteiger partial charge in [0, 0.05) is 26.2 Å². The average Bonchev–Trinajstić information content (AvgIpc) is 3.14. The summed E-state index contributed by atoms with van der Waals surface area (Å²) in [5, 5.41) is 0. The summed E-state index contributed by atoms with van der Waals surface area (Å²) in [4.78, 5) is 2.55. The fourth-order valence-electron chi connectivity index (χ4n) is 3.86. The van der Waals surface area contributed by atoms with Gasteiger partial charge in [0.1, 0.15) is 0 Å². The van der Waals surface area contributed by atoms with Crippen LogP contribution in [0.3, 0.4) is 0 Å². The number of rotatable bonds is 4. The van der Waals surface area contributed by atoms with E-state index in [-0.39, 0.29) is 6.10 Å². The third-order valence-corrected chi connectivity index (χ3v) is 4.93. The number of fused-ring (bicyclic) bond motifs is 2. The van der Waals surface area contributed by atoms with Crippen LogP contribution in [0.15, 0.2) is 18.2 Å². The summed E-state index contributed by atoms with van der Waals surface area (Å²) in [6, 6.07) is 6.79. The molecule has 3 aliphatic rings. The van der Waals surface area contributed by atoms with Crippen LogP contribution in [0, 0.1) is 0 Å². The Morgan fingerprint density at radius 3 is 3.00 bits per heavy atom. The Morgan fingerprint density at radius 2 is 2.09 bits per heavy atom. The number of nitrogens with zero attached hydrogens (tertiary/aromatic N) is 1. The van der Waals surface area contributed by atoms with Gasteiger partial charge < -0.3 is 18.9 Å². The molecule has 0 amide bonds. The topological polar surface area (TPSA) is 40.2 Å². The van der Waals surface area contributed by atoms with E-state index in [1.807, 2.05) is 6.07 Å². The molecule has 3 aliphatic heterocycles. The molecule has 120 valence electrons. The van der Waals surface area contributed by atoms with Crippen LogP contribution >= 0.6 is 0 Å². The Balaban J connectivity index is 1.40. The maximum absolute atomic E-state index is 6.18. The maximum atomic E-state index is 6.18. The number of hydrogen-bond donors (Lipinski definition) is 0. The zero-order valence-corrected chi connectivity index (χ0v) is 13.0. The van der Waals surface area contributed by atoms with Crippen molar-refractivity contribution in [3.8, 4) is 11.5 Å². The first kappa shape index (κ1) is 14.3. The zero-order valence-electron chi connectivity index (χ0n) is 13.0. The number of benzene rings is 1. The lowest BCUT2D eigenvalue weighted by Crippen LogP contribution is -2.43. The van der Waals surface area contributed by atoms with E-state index in [0.717, 1.165) is 37.4 Å². The summed E-state index contributed by atoms with van der Waals surface area (Å²) in [6.45, 7) is 3.10. The summed E-state index contributed by atoms with van der Waals surface area (Å²) in [6.07, 6.45) is 4.05. The summed E-state index contributed by atoms with van der Waals surface area (Å²) in [7, 11) is 1.75. The van der Waals surface area contributed by atoms with E-state index in [2.05, 4.69) is 17.0 Å². The predicted molar refractivity (Wildman–Crippen MR) is 81.2 cm³/mol. The highest BCUT2D eigenvalue weighted by Crippen LogP contribution is 2.35. The van der Waals surface area contributed by atoms with Gasteiger partial charge in [0.25, 0.3) is 0 Å². The van der Waals surface area contributed by atoms with Gasteiger partial charge >= 0.3 is 0 Å². The van der Waals surface area contributed by atoms with Gasteiger partial charge in [0.2, 0.25) is 6.79 Å². The Kier molecular flexibility index (Phi) is 3.94. The minimum absolute atomic E-state index is 0.275. The predicted octanol–water partition coefficient (Wildman–Crippen LogP) is 2.18. The number of methoxy groups -OCH3 is 1. The smallest absolute Gasteiger partial charge is 0.231 e. The highest BCUT2D eigenvalue weighted by Gasteiger charge is 2.39. The molecule has 2 saturated heterocycles. The largest absolute Gasteiger partial charge is 0.454 e. The molecule has 22 heavy (non-hydrogen) atoms. The molecule has 0 aliphatic carbocycles. The maximum Gasteiger partial charge on any atom is 0.231 e. The molecule has 3 atom stereocenters. The molecule has 2 fully saturated rings. The molecule has 0 bridgehead atoms. The quantitative estimate of drug-likeness (QED) is 0.853. The highest BCUT2D eigenvalue weighted by molar-refractivity contribution is 5.44. The van der Waals surface area contributed by atoms with E-state index in [0.29, 0.717) is 25.5 Å². The molecule has 5 nitrogen and oxygen atoms in total. The molecule has 0 radical (unpaired) electrons. The minimum Gasteiger partial charge on any atom is -0.454 e. The first-order valence-corrected chi connectivity index (χ1v) is 8.10. The van der Waals surface area contributed by atoms with Crippen LogP contribution in [0.4, 0.5) is 0 Å². The van der Waals surface area contributed by atoms with Crippen molar-refractivity contribution in [2.24, 2.45) is 0 Å². The molecule has 0 spiro atoms. The van der Waals surface area contributed by atoms with Crippen molar-refractivity contribution in [1.29, 1.82) is 0 Å². The van der Waals surface area contributed by atoms with Crippen molar-refractivity contribution in [2.75, 3.05) is 27.1 Å². The van der Waals surface area contributed by atoms with E-state index in [9.17, 15) is 0 Å². The normalized spacial score (nSPS) is 30.5. The second kappa shape index (κ2) is 6.07. The monoisotopic (exact) mass is 305 g/mol. The first-order valence-electron chi connectivity index (χ1n) is 8.10. The van der Waals surface area contributed by atoms with Gasteiger partial charge in [-0.25, -0.2) is 0 Å². The lowest BCUT2D eigenvalue weighted by atomic mass is 9.99. The van der Waals surface area contributed by atoms with Crippen molar-refractivity contribution < 1.29 is 18.9 Å². The van der Waals surface area contributed by atoms with Gasteiger partial charge in [-0.15, -0.1) is 0 Å². The second-order valence-corrected chi connectivity index (χ2v) is 6.34. The molecule has 0 unspecified atom stereocenters. The number of likely N-dealkylation sites (tertiary alicyclic amines) is 1. The van der Waals surface area contributed by atoms with Crippen molar-refractivity contribution in [1.82, 2.24) is 4.90 Å². The molecule has 0 aromatic heterocycles.